The maximum Gasteiger partial charge on any atom is 0.301 e. The van der Waals surface area contributed by atoms with Crippen LogP contribution in [0.4, 0.5) is 5.13 Å². The summed E-state index contributed by atoms with van der Waals surface area (Å²) in [5.74, 6) is -0.766. The minimum atomic E-state index is -0.895. The Morgan fingerprint density at radius 2 is 1.70 bits per heavy atom. The number of hydrogen-bond acceptors (Lipinski definition) is 7. The fourth-order valence-electron chi connectivity index (χ4n) is 4.25. The first kappa shape index (κ1) is 24.3. The molecule has 1 aromatic heterocycles. The summed E-state index contributed by atoms with van der Waals surface area (Å²) in [7, 11) is 0. The second kappa shape index (κ2) is 10.7. The van der Waals surface area contributed by atoms with Gasteiger partial charge in [-0.2, -0.15) is 0 Å². The summed E-state index contributed by atoms with van der Waals surface area (Å²) in [5, 5.41) is 13.3. The molecule has 5 rings (SSSR count). The molecule has 2 heterocycles. The molecule has 3 aromatic carbocycles. The standard InChI is InChI=1S/C29H24N2O5S/c1-2-35-23-17-21(13-14-22(23)36-18-19-9-5-3-6-10-19)25-24(26(32)20-11-7-4-8-12-20)27(33)28(34)31(25)29-30-15-16-37-29/h3-17,25,32H,2,18H2,1H3/b26-24+. The van der Waals surface area contributed by atoms with Crippen LogP contribution in [-0.2, 0) is 16.2 Å². The molecule has 0 aliphatic carbocycles. The van der Waals surface area contributed by atoms with Crippen molar-refractivity contribution in [3.8, 4) is 11.5 Å². The van der Waals surface area contributed by atoms with Crippen molar-refractivity contribution < 1.29 is 24.2 Å². The zero-order chi connectivity index (χ0) is 25.8. The third-order valence-corrected chi connectivity index (χ3v) is 6.71. The van der Waals surface area contributed by atoms with Crippen molar-refractivity contribution in [2.24, 2.45) is 0 Å². The van der Waals surface area contributed by atoms with E-state index >= 15 is 0 Å². The van der Waals surface area contributed by atoms with Crippen molar-refractivity contribution in [2.75, 3.05) is 11.5 Å². The summed E-state index contributed by atoms with van der Waals surface area (Å²) >= 11 is 1.24. The van der Waals surface area contributed by atoms with Crippen molar-refractivity contribution in [3.63, 3.8) is 0 Å². The average molecular weight is 513 g/mol. The van der Waals surface area contributed by atoms with Gasteiger partial charge in [0.1, 0.15) is 12.4 Å². The monoisotopic (exact) mass is 512 g/mol. The van der Waals surface area contributed by atoms with Gasteiger partial charge in [-0.15, -0.1) is 11.3 Å². The largest absolute Gasteiger partial charge is 0.507 e. The number of ketones is 1. The van der Waals surface area contributed by atoms with Gasteiger partial charge in [-0.1, -0.05) is 66.7 Å². The highest BCUT2D eigenvalue weighted by Gasteiger charge is 2.48. The number of carbonyl (C=O) groups excluding carboxylic acids is 2. The first-order chi connectivity index (χ1) is 18.1. The smallest absolute Gasteiger partial charge is 0.301 e. The zero-order valence-corrected chi connectivity index (χ0v) is 20.9. The van der Waals surface area contributed by atoms with E-state index < -0.39 is 17.7 Å². The second-order valence-corrected chi connectivity index (χ2v) is 9.14. The molecule has 0 bridgehead atoms. The lowest BCUT2D eigenvalue weighted by atomic mass is 9.95. The lowest BCUT2D eigenvalue weighted by molar-refractivity contribution is -0.132. The Bertz CT molecular complexity index is 1440. The van der Waals surface area contributed by atoms with Gasteiger partial charge in [0.05, 0.1) is 18.2 Å². The predicted molar refractivity (Wildman–Crippen MR) is 142 cm³/mol. The van der Waals surface area contributed by atoms with Crippen molar-refractivity contribution >= 4 is 33.9 Å². The van der Waals surface area contributed by atoms with Crippen molar-refractivity contribution in [2.45, 2.75) is 19.6 Å². The first-order valence-corrected chi connectivity index (χ1v) is 12.7. The van der Waals surface area contributed by atoms with Gasteiger partial charge in [-0.25, -0.2) is 4.98 Å². The van der Waals surface area contributed by atoms with E-state index in [1.807, 2.05) is 43.3 Å². The number of Topliss-reactive ketones (excluding diaryl/α,β-unsaturated/α-hetero) is 1. The summed E-state index contributed by atoms with van der Waals surface area (Å²) in [4.78, 5) is 32.1. The summed E-state index contributed by atoms with van der Waals surface area (Å²) < 4.78 is 11.9. The molecule has 0 spiro atoms. The number of nitrogens with zero attached hydrogens (tertiary/aromatic N) is 2. The molecule has 1 atom stereocenters. The van der Waals surface area contributed by atoms with Crippen LogP contribution in [0.5, 0.6) is 11.5 Å². The minimum Gasteiger partial charge on any atom is -0.507 e. The molecule has 8 heteroatoms. The zero-order valence-electron chi connectivity index (χ0n) is 20.0. The van der Waals surface area contributed by atoms with Crippen LogP contribution in [0.3, 0.4) is 0 Å². The Hall–Kier alpha value is -4.43. The van der Waals surface area contributed by atoms with Crippen molar-refractivity contribution in [3.05, 3.63) is 113 Å². The lowest BCUT2D eigenvalue weighted by Crippen LogP contribution is -2.29. The van der Waals surface area contributed by atoms with E-state index in [0.29, 0.717) is 41.0 Å². The Morgan fingerprint density at radius 3 is 2.38 bits per heavy atom. The Labute approximate surface area is 218 Å². The molecule has 1 unspecified atom stereocenters. The predicted octanol–water partition coefficient (Wildman–Crippen LogP) is 5.75. The maximum absolute atomic E-state index is 13.3. The minimum absolute atomic E-state index is 0.00759. The maximum atomic E-state index is 13.3. The molecule has 7 nitrogen and oxygen atoms in total. The number of benzene rings is 3. The summed E-state index contributed by atoms with van der Waals surface area (Å²) in [6.07, 6.45) is 1.57. The topological polar surface area (TPSA) is 89.0 Å². The van der Waals surface area contributed by atoms with Crippen LogP contribution in [0.1, 0.15) is 29.7 Å². The molecular weight excluding hydrogens is 488 g/mol. The molecule has 0 radical (unpaired) electrons. The van der Waals surface area contributed by atoms with Gasteiger partial charge in [0.25, 0.3) is 5.78 Å². The molecule has 1 amide bonds. The molecular formula is C29H24N2O5S. The normalized spacial score (nSPS) is 16.7. The van der Waals surface area contributed by atoms with Crippen LogP contribution in [-0.4, -0.2) is 28.4 Å². The van der Waals surface area contributed by atoms with E-state index in [9.17, 15) is 14.7 Å². The van der Waals surface area contributed by atoms with E-state index in [4.69, 9.17) is 9.47 Å². The van der Waals surface area contributed by atoms with Crippen LogP contribution in [0, 0.1) is 0 Å². The molecule has 1 N–H and O–H groups in total. The van der Waals surface area contributed by atoms with Gasteiger partial charge >= 0.3 is 5.91 Å². The summed E-state index contributed by atoms with van der Waals surface area (Å²) in [6, 6.07) is 22.9. The quantitative estimate of drug-likeness (QED) is 0.184. The lowest BCUT2D eigenvalue weighted by Gasteiger charge is -2.24. The Kier molecular flexibility index (Phi) is 7.00. The Morgan fingerprint density at radius 1 is 0.973 bits per heavy atom. The van der Waals surface area contributed by atoms with Crippen molar-refractivity contribution in [1.82, 2.24) is 4.98 Å². The van der Waals surface area contributed by atoms with Gasteiger partial charge < -0.3 is 14.6 Å². The van der Waals surface area contributed by atoms with E-state index in [0.717, 1.165) is 5.56 Å². The number of aromatic nitrogens is 1. The average Bonchev–Trinajstić information content (AvgIpc) is 3.55. The van der Waals surface area contributed by atoms with Crippen molar-refractivity contribution in [1.29, 1.82) is 0 Å². The van der Waals surface area contributed by atoms with Crippen LogP contribution >= 0.6 is 11.3 Å². The highest BCUT2D eigenvalue weighted by Crippen LogP contribution is 2.44. The van der Waals surface area contributed by atoms with Crippen LogP contribution in [0.25, 0.3) is 5.76 Å². The molecule has 0 saturated carbocycles. The highest BCUT2D eigenvalue weighted by atomic mass is 32.1. The SMILES string of the molecule is CCOc1cc(C2/C(=C(\O)c3ccccc3)C(=O)C(=O)N2c2nccs2)ccc1OCc1ccccc1. The van der Waals surface area contributed by atoms with Gasteiger partial charge in [0.15, 0.2) is 16.6 Å². The number of aliphatic hydroxyl groups is 1. The molecule has 1 aliphatic heterocycles. The van der Waals surface area contributed by atoms with Crippen LogP contribution in [0.2, 0.25) is 0 Å². The molecule has 1 aliphatic rings. The molecule has 37 heavy (non-hydrogen) atoms. The number of carbonyl (C=O) groups is 2. The fraction of sp³-hybridized carbons (Fsp3) is 0.138. The van der Waals surface area contributed by atoms with Gasteiger partial charge in [-0.05, 0) is 30.2 Å². The molecule has 1 fully saturated rings. The third-order valence-electron chi connectivity index (χ3n) is 5.94. The molecule has 186 valence electrons. The van der Waals surface area contributed by atoms with E-state index in [1.165, 1.54) is 16.2 Å². The number of rotatable bonds is 8. The van der Waals surface area contributed by atoms with E-state index in [2.05, 4.69) is 4.98 Å². The Balaban J connectivity index is 1.60. The molecule has 1 saturated heterocycles. The number of thiazole rings is 1. The number of anilines is 1. The van der Waals surface area contributed by atoms with Gasteiger partial charge in [0.2, 0.25) is 0 Å². The van der Waals surface area contributed by atoms with Gasteiger partial charge in [-0.3, -0.25) is 14.5 Å². The van der Waals surface area contributed by atoms with Crippen LogP contribution < -0.4 is 14.4 Å². The summed E-state index contributed by atoms with van der Waals surface area (Å²) in [5.41, 5.74) is 2.03. The first-order valence-electron chi connectivity index (χ1n) is 11.8. The summed E-state index contributed by atoms with van der Waals surface area (Å²) in [6.45, 7) is 2.61. The van der Waals surface area contributed by atoms with Gasteiger partial charge in [0, 0.05) is 17.1 Å². The number of hydrogen-bond donors (Lipinski definition) is 1. The van der Waals surface area contributed by atoms with E-state index in [1.54, 1.807) is 54.0 Å². The highest BCUT2D eigenvalue weighted by molar-refractivity contribution is 7.14. The second-order valence-electron chi connectivity index (χ2n) is 8.26. The van der Waals surface area contributed by atoms with E-state index in [-0.39, 0.29) is 11.3 Å². The number of ether oxygens (including phenoxy) is 2. The number of aliphatic hydroxyl groups excluding tert-OH is 1. The molecule has 4 aromatic rings. The third kappa shape index (κ3) is 4.83. The number of amides is 1. The fourth-order valence-corrected chi connectivity index (χ4v) is 4.92. The van der Waals surface area contributed by atoms with Crippen LogP contribution in [0.15, 0.2) is 96.0 Å².